The standard InChI is InChI=1S/C14H24N4OS/c1-4-7-15-13-10(2)14(17-11(3)16-13)18-12-5-8-20(19)9-6-12/h12H,4-9H2,1-3H3,(H2,15,16,17,18). The van der Waals surface area contributed by atoms with Crippen LogP contribution in [-0.4, -0.2) is 38.3 Å². The monoisotopic (exact) mass is 296 g/mol. The van der Waals surface area contributed by atoms with Crippen LogP contribution in [0.2, 0.25) is 0 Å². The fourth-order valence-corrected chi connectivity index (χ4v) is 3.61. The molecule has 1 fully saturated rings. The largest absolute Gasteiger partial charge is 0.370 e. The second kappa shape index (κ2) is 7.02. The molecule has 0 atom stereocenters. The topological polar surface area (TPSA) is 66.9 Å². The summed E-state index contributed by atoms with van der Waals surface area (Å²) < 4.78 is 11.4. The first-order valence-corrected chi connectivity index (χ1v) is 8.79. The van der Waals surface area contributed by atoms with Crippen LogP contribution < -0.4 is 10.6 Å². The molecule has 2 rings (SSSR count). The minimum Gasteiger partial charge on any atom is -0.370 e. The molecule has 1 saturated heterocycles. The number of anilines is 2. The van der Waals surface area contributed by atoms with Gasteiger partial charge in [0.15, 0.2) is 0 Å². The summed E-state index contributed by atoms with van der Waals surface area (Å²) in [6.07, 6.45) is 2.97. The maximum atomic E-state index is 11.4. The molecule has 1 aliphatic heterocycles. The van der Waals surface area contributed by atoms with Crippen LogP contribution in [-0.2, 0) is 10.8 Å². The zero-order chi connectivity index (χ0) is 14.5. The summed E-state index contributed by atoms with van der Waals surface area (Å²) in [5, 5.41) is 6.85. The van der Waals surface area contributed by atoms with Crippen molar-refractivity contribution in [3.63, 3.8) is 0 Å². The molecule has 0 unspecified atom stereocenters. The molecule has 0 aromatic carbocycles. The first kappa shape index (κ1) is 15.2. The Hall–Kier alpha value is -1.17. The summed E-state index contributed by atoms with van der Waals surface area (Å²) in [7, 11) is -0.622. The normalized spacial score (nSPS) is 22.6. The van der Waals surface area contributed by atoms with Gasteiger partial charge >= 0.3 is 0 Å². The minimum absolute atomic E-state index is 0.375. The van der Waals surface area contributed by atoms with Gasteiger partial charge in [-0.1, -0.05) is 6.92 Å². The third-order valence-corrected chi connectivity index (χ3v) is 4.91. The first-order valence-electron chi connectivity index (χ1n) is 7.30. The molecule has 5 nitrogen and oxygen atoms in total. The van der Waals surface area contributed by atoms with Gasteiger partial charge in [0, 0.05) is 40.5 Å². The highest BCUT2D eigenvalue weighted by atomic mass is 32.2. The van der Waals surface area contributed by atoms with Gasteiger partial charge in [-0.15, -0.1) is 0 Å². The van der Waals surface area contributed by atoms with Gasteiger partial charge in [0.25, 0.3) is 0 Å². The number of rotatable bonds is 5. The molecule has 0 saturated carbocycles. The van der Waals surface area contributed by atoms with E-state index in [-0.39, 0.29) is 0 Å². The third kappa shape index (κ3) is 3.91. The Morgan fingerprint density at radius 2 is 1.85 bits per heavy atom. The molecule has 1 aromatic heterocycles. The van der Waals surface area contributed by atoms with E-state index in [9.17, 15) is 4.21 Å². The van der Waals surface area contributed by atoms with Crippen molar-refractivity contribution in [3.8, 4) is 0 Å². The molecule has 0 amide bonds. The van der Waals surface area contributed by atoms with Gasteiger partial charge in [0.05, 0.1) is 0 Å². The molecule has 2 heterocycles. The summed E-state index contributed by atoms with van der Waals surface area (Å²) in [5.74, 6) is 4.19. The Balaban J connectivity index is 2.10. The van der Waals surface area contributed by atoms with Crippen molar-refractivity contribution in [2.75, 3.05) is 28.7 Å². The summed E-state index contributed by atoms with van der Waals surface area (Å²) in [6, 6.07) is 0.375. The maximum Gasteiger partial charge on any atom is 0.134 e. The van der Waals surface area contributed by atoms with Crippen molar-refractivity contribution >= 4 is 22.4 Å². The van der Waals surface area contributed by atoms with Crippen LogP contribution in [0.1, 0.15) is 37.6 Å². The highest BCUT2D eigenvalue weighted by molar-refractivity contribution is 7.85. The lowest BCUT2D eigenvalue weighted by atomic mass is 10.1. The summed E-state index contributed by atoms with van der Waals surface area (Å²) in [5.41, 5.74) is 1.07. The number of hydrogen-bond donors (Lipinski definition) is 2. The van der Waals surface area contributed by atoms with Crippen molar-refractivity contribution in [2.24, 2.45) is 0 Å². The SMILES string of the molecule is CCCNc1nc(C)nc(NC2CCS(=O)CC2)c1C. The van der Waals surface area contributed by atoms with E-state index in [1.165, 1.54) is 0 Å². The average Bonchev–Trinajstić information content (AvgIpc) is 2.43. The number of hydrogen-bond acceptors (Lipinski definition) is 5. The Labute approximate surface area is 123 Å². The fraction of sp³-hybridized carbons (Fsp3) is 0.714. The lowest BCUT2D eigenvalue weighted by Gasteiger charge is -2.24. The fourth-order valence-electron chi connectivity index (χ4n) is 2.32. The van der Waals surface area contributed by atoms with Crippen molar-refractivity contribution in [2.45, 2.75) is 46.1 Å². The van der Waals surface area contributed by atoms with Crippen molar-refractivity contribution in [1.29, 1.82) is 0 Å². The Bertz CT molecular complexity index is 482. The average molecular weight is 296 g/mol. The van der Waals surface area contributed by atoms with Gasteiger partial charge in [-0.2, -0.15) is 0 Å². The molecule has 1 aliphatic rings. The molecule has 112 valence electrons. The molecule has 0 radical (unpaired) electrons. The summed E-state index contributed by atoms with van der Waals surface area (Å²) in [6.45, 7) is 7.01. The van der Waals surface area contributed by atoms with Gasteiger partial charge in [0.1, 0.15) is 17.5 Å². The van der Waals surface area contributed by atoms with E-state index in [0.29, 0.717) is 6.04 Å². The highest BCUT2D eigenvalue weighted by Crippen LogP contribution is 2.22. The Kier molecular flexibility index (Phi) is 5.34. The van der Waals surface area contributed by atoms with Gasteiger partial charge in [-0.05, 0) is 33.1 Å². The zero-order valence-corrected chi connectivity index (χ0v) is 13.3. The van der Waals surface area contributed by atoms with E-state index in [4.69, 9.17) is 0 Å². The van der Waals surface area contributed by atoms with Crippen LogP contribution in [0.5, 0.6) is 0 Å². The van der Waals surface area contributed by atoms with E-state index < -0.39 is 10.8 Å². The molecular weight excluding hydrogens is 272 g/mol. The van der Waals surface area contributed by atoms with Crippen molar-refractivity contribution in [1.82, 2.24) is 9.97 Å². The predicted molar refractivity (Wildman–Crippen MR) is 84.8 cm³/mol. The molecule has 6 heteroatoms. The van der Waals surface area contributed by atoms with Crippen molar-refractivity contribution < 1.29 is 4.21 Å². The molecular formula is C14H24N4OS. The molecule has 0 bridgehead atoms. The second-order valence-corrected chi connectivity index (χ2v) is 6.98. The molecule has 0 spiro atoms. The van der Waals surface area contributed by atoms with Crippen LogP contribution >= 0.6 is 0 Å². The molecule has 2 N–H and O–H groups in total. The van der Waals surface area contributed by atoms with Crippen LogP contribution in [0, 0.1) is 13.8 Å². The van der Waals surface area contributed by atoms with E-state index in [1.807, 2.05) is 13.8 Å². The van der Waals surface area contributed by atoms with E-state index in [0.717, 1.165) is 60.3 Å². The number of nitrogens with zero attached hydrogens (tertiary/aromatic N) is 2. The predicted octanol–water partition coefficient (Wildman–Crippen LogP) is 2.24. The number of nitrogens with one attached hydrogen (secondary N) is 2. The van der Waals surface area contributed by atoms with Crippen molar-refractivity contribution in [3.05, 3.63) is 11.4 Å². The number of aryl methyl sites for hydroxylation is 1. The smallest absolute Gasteiger partial charge is 0.134 e. The molecule has 1 aromatic rings. The van der Waals surface area contributed by atoms with Crippen LogP contribution in [0.3, 0.4) is 0 Å². The lowest BCUT2D eigenvalue weighted by Crippen LogP contribution is -2.30. The van der Waals surface area contributed by atoms with Gasteiger partial charge < -0.3 is 10.6 Å². The van der Waals surface area contributed by atoms with Crippen LogP contribution in [0.4, 0.5) is 11.6 Å². The van der Waals surface area contributed by atoms with Crippen LogP contribution in [0.15, 0.2) is 0 Å². The van der Waals surface area contributed by atoms with E-state index >= 15 is 0 Å². The van der Waals surface area contributed by atoms with E-state index in [1.54, 1.807) is 0 Å². The quantitative estimate of drug-likeness (QED) is 0.872. The summed E-state index contributed by atoms with van der Waals surface area (Å²) in [4.78, 5) is 8.98. The van der Waals surface area contributed by atoms with Crippen LogP contribution in [0.25, 0.3) is 0 Å². The van der Waals surface area contributed by atoms with Gasteiger partial charge in [-0.25, -0.2) is 9.97 Å². The lowest BCUT2D eigenvalue weighted by molar-refractivity contribution is 0.622. The molecule has 20 heavy (non-hydrogen) atoms. The Morgan fingerprint density at radius 1 is 1.20 bits per heavy atom. The zero-order valence-electron chi connectivity index (χ0n) is 12.5. The minimum atomic E-state index is -0.622. The summed E-state index contributed by atoms with van der Waals surface area (Å²) >= 11 is 0. The van der Waals surface area contributed by atoms with Gasteiger partial charge in [-0.3, -0.25) is 4.21 Å². The second-order valence-electron chi connectivity index (χ2n) is 5.29. The van der Waals surface area contributed by atoms with Gasteiger partial charge in [0.2, 0.25) is 0 Å². The maximum absolute atomic E-state index is 11.4. The molecule has 0 aliphatic carbocycles. The number of aromatic nitrogens is 2. The highest BCUT2D eigenvalue weighted by Gasteiger charge is 2.19. The third-order valence-electron chi connectivity index (χ3n) is 3.53. The first-order chi connectivity index (χ1) is 9.60. The Morgan fingerprint density at radius 3 is 2.50 bits per heavy atom. The van der Waals surface area contributed by atoms with E-state index in [2.05, 4.69) is 27.5 Å².